The first-order valence-corrected chi connectivity index (χ1v) is 5.89. The Hall–Kier alpha value is -1.55. The Kier molecular flexibility index (Phi) is 5.49. The summed E-state index contributed by atoms with van der Waals surface area (Å²) in [5.74, 6) is 0. The Morgan fingerprint density at radius 3 is 2.82 bits per heavy atom. The second kappa shape index (κ2) is 6.91. The van der Waals surface area contributed by atoms with Crippen LogP contribution in [0, 0.1) is 0 Å². The lowest BCUT2D eigenvalue weighted by Gasteiger charge is -2.10. The van der Waals surface area contributed by atoms with Crippen LogP contribution in [-0.4, -0.2) is 18.7 Å². The number of nitrogens with one attached hydrogen (secondary N) is 2. The number of anilines is 1. The monoisotopic (exact) mass is 236 g/mol. The van der Waals surface area contributed by atoms with Gasteiger partial charge in [0.05, 0.1) is 6.10 Å². The van der Waals surface area contributed by atoms with Crippen LogP contribution in [0.2, 0.25) is 0 Å². The second-order valence-electron chi connectivity index (χ2n) is 4.06. The highest BCUT2D eigenvalue weighted by molar-refractivity contribution is 5.84. The molecule has 2 N–H and O–H groups in total. The summed E-state index contributed by atoms with van der Waals surface area (Å²) in [7, 11) is 0. The molecule has 1 rings (SSSR count). The van der Waals surface area contributed by atoms with Crippen LogP contribution in [-0.2, 0) is 11.3 Å². The maximum absolute atomic E-state index is 11.4. The normalized spacial score (nSPS) is 10.4. The number of hydrogen-bond donors (Lipinski definition) is 2. The Balaban J connectivity index is 2.56. The van der Waals surface area contributed by atoms with E-state index < -0.39 is 6.09 Å². The summed E-state index contributed by atoms with van der Waals surface area (Å²) in [4.78, 5) is 11.4. The summed E-state index contributed by atoms with van der Waals surface area (Å²) in [6, 6.07) is 7.71. The summed E-state index contributed by atoms with van der Waals surface area (Å²) in [6.45, 7) is 7.42. The zero-order valence-corrected chi connectivity index (χ0v) is 10.6. The molecule has 0 atom stereocenters. The number of amides is 1. The van der Waals surface area contributed by atoms with Crippen LogP contribution in [0.15, 0.2) is 24.3 Å². The Bertz CT molecular complexity index is 364. The lowest BCUT2D eigenvalue weighted by molar-refractivity contribution is 0.130. The van der Waals surface area contributed by atoms with Crippen LogP contribution in [0.5, 0.6) is 0 Å². The van der Waals surface area contributed by atoms with E-state index in [0.717, 1.165) is 24.3 Å². The summed E-state index contributed by atoms with van der Waals surface area (Å²) in [5, 5.41) is 5.93. The van der Waals surface area contributed by atoms with Gasteiger partial charge in [-0.1, -0.05) is 19.1 Å². The van der Waals surface area contributed by atoms with Crippen LogP contribution in [0.1, 0.15) is 26.3 Å². The van der Waals surface area contributed by atoms with Crippen molar-refractivity contribution in [1.82, 2.24) is 5.32 Å². The summed E-state index contributed by atoms with van der Waals surface area (Å²) >= 11 is 0. The lowest BCUT2D eigenvalue weighted by atomic mass is 10.2. The fourth-order valence-electron chi connectivity index (χ4n) is 1.39. The van der Waals surface area contributed by atoms with Crippen molar-refractivity contribution in [3.63, 3.8) is 0 Å². The van der Waals surface area contributed by atoms with Gasteiger partial charge in [-0.15, -0.1) is 0 Å². The number of carbonyl (C=O) groups is 1. The van der Waals surface area contributed by atoms with Gasteiger partial charge < -0.3 is 10.1 Å². The zero-order valence-electron chi connectivity index (χ0n) is 10.6. The van der Waals surface area contributed by atoms with Gasteiger partial charge in [0, 0.05) is 12.2 Å². The van der Waals surface area contributed by atoms with Crippen molar-refractivity contribution in [3.05, 3.63) is 29.8 Å². The van der Waals surface area contributed by atoms with Crippen molar-refractivity contribution in [2.45, 2.75) is 33.4 Å². The van der Waals surface area contributed by atoms with Gasteiger partial charge in [0.15, 0.2) is 0 Å². The molecule has 0 aliphatic rings. The maximum Gasteiger partial charge on any atom is 0.411 e. The second-order valence-corrected chi connectivity index (χ2v) is 4.06. The number of benzene rings is 1. The molecule has 0 aliphatic carbocycles. The smallest absolute Gasteiger partial charge is 0.411 e. The molecular formula is C13H20N2O2. The highest BCUT2D eigenvalue weighted by Gasteiger charge is 2.05. The van der Waals surface area contributed by atoms with Gasteiger partial charge in [0.25, 0.3) is 0 Å². The largest absolute Gasteiger partial charge is 0.447 e. The Morgan fingerprint density at radius 1 is 1.41 bits per heavy atom. The molecule has 0 bridgehead atoms. The highest BCUT2D eigenvalue weighted by Crippen LogP contribution is 2.11. The first kappa shape index (κ1) is 13.5. The van der Waals surface area contributed by atoms with E-state index in [1.54, 1.807) is 0 Å². The van der Waals surface area contributed by atoms with Crippen LogP contribution < -0.4 is 10.6 Å². The van der Waals surface area contributed by atoms with Gasteiger partial charge in [-0.2, -0.15) is 0 Å². The van der Waals surface area contributed by atoms with E-state index >= 15 is 0 Å². The molecule has 0 spiro atoms. The van der Waals surface area contributed by atoms with Crippen molar-refractivity contribution in [3.8, 4) is 0 Å². The molecule has 0 aliphatic heterocycles. The minimum absolute atomic E-state index is 0.111. The molecule has 94 valence electrons. The topological polar surface area (TPSA) is 50.4 Å². The third-order valence-electron chi connectivity index (χ3n) is 2.10. The Morgan fingerprint density at radius 2 is 2.18 bits per heavy atom. The third kappa shape index (κ3) is 5.36. The van der Waals surface area contributed by atoms with Crippen LogP contribution in [0.4, 0.5) is 10.5 Å². The third-order valence-corrected chi connectivity index (χ3v) is 2.10. The number of ether oxygens (including phenoxy) is 1. The average Bonchev–Trinajstić information content (AvgIpc) is 2.25. The van der Waals surface area contributed by atoms with Gasteiger partial charge in [-0.05, 0) is 38.1 Å². The minimum Gasteiger partial charge on any atom is -0.447 e. The first-order chi connectivity index (χ1) is 8.11. The van der Waals surface area contributed by atoms with E-state index in [4.69, 9.17) is 4.74 Å². The first-order valence-electron chi connectivity index (χ1n) is 5.89. The summed E-state index contributed by atoms with van der Waals surface area (Å²) in [6.07, 6.45) is -0.527. The van der Waals surface area contributed by atoms with Gasteiger partial charge in [-0.25, -0.2) is 4.79 Å². The Labute approximate surface area is 102 Å². The lowest BCUT2D eigenvalue weighted by Crippen LogP contribution is -2.18. The number of hydrogen-bond acceptors (Lipinski definition) is 3. The minimum atomic E-state index is -0.416. The molecule has 1 aromatic rings. The predicted octanol–water partition coefficient (Wildman–Crippen LogP) is 2.75. The molecule has 0 radical (unpaired) electrons. The molecule has 1 aromatic carbocycles. The molecule has 4 heteroatoms. The van der Waals surface area contributed by atoms with Crippen molar-refractivity contribution in [1.29, 1.82) is 0 Å². The van der Waals surface area contributed by atoms with Crippen LogP contribution in [0.3, 0.4) is 0 Å². The quantitative estimate of drug-likeness (QED) is 0.826. The predicted molar refractivity (Wildman–Crippen MR) is 69.1 cm³/mol. The zero-order chi connectivity index (χ0) is 12.7. The fourth-order valence-corrected chi connectivity index (χ4v) is 1.39. The van der Waals surface area contributed by atoms with Crippen LogP contribution >= 0.6 is 0 Å². The number of carbonyl (C=O) groups excluding carboxylic acids is 1. The molecule has 0 saturated heterocycles. The molecule has 17 heavy (non-hydrogen) atoms. The van der Waals surface area contributed by atoms with Crippen molar-refractivity contribution < 1.29 is 9.53 Å². The molecule has 4 nitrogen and oxygen atoms in total. The summed E-state index contributed by atoms with van der Waals surface area (Å²) in [5.41, 5.74) is 1.89. The molecular weight excluding hydrogens is 216 g/mol. The highest BCUT2D eigenvalue weighted by atomic mass is 16.6. The van der Waals surface area contributed by atoms with E-state index in [0.29, 0.717) is 0 Å². The van der Waals surface area contributed by atoms with Crippen molar-refractivity contribution >= 4 is 11.8 Å². The van der Waals surface area contributed by atoms with E-state index in [9.17, 15) is 4.79 Å². The van der Waals surface area contributed by atoms with Crippen LogP contribution in [0.25, 0.3) is 0 Å². The molecule has 0 fully saturated rings. The van der Waals surface area contributed by atoms with Crippen molar-refractivity contribution in [2.75, 3.05) is 11.9 Å². The molecule has 0 heterocycles. The molecule has 0 saturated carbocycles. The maximum atomic E-state index is 11.4. The van der Waals surface area contributed by atoms with E-state index in [1.807, 2.05) is 38.1 Å². The van der Waals surface area contributed by atoms with Gasteiger partial charge in [0.2, 0.25) is 0 Å². The van der Waals surface area contributed by atoms with E-state index in [1.165, 1.54) is 0 Å². The molecule has 0 aromatic heterocycles. The van der Waals surface area contributed by atoms with Gasteiger partial charge in [0.1, 0.15) is 0 Å². The van der Waals surface area contributed by atoms with E-state index in [-0.39, 0.29) is 6.10 Å². The van der Waals surface area contributed by atoms with E-state index in [2.05, 4.69) is 17.6 Å². The number of rotatable bonds is 5. The summed E-state index contributed by atoms with van der Waals surface area (Å²) < 4.78 is 5.01. The van der Waals surface area contributed by atoms with Gasteiger partial charge in [-0.3, -0.25) is 5.32 Å². The SMILES string of the molecule is CCNCc1cccc(NC(=O)OC(C)C)c1. The average molecular weight is 236 g/mol. The standard InChI is InChI=1S/C13H20N2O2/c1-4-14-9-11-6-5-7-12(8-11)15-13(16)17-10(2)3/h5-8,10,14H,4,9H2,1-3H3,(H,15,16). The van der Waals surface area contributed by atoms with Gasteiger partial charge >= 0.3 is 6.09 Å². The molecule has 0 unspecified atom stereocenters. The fraction of sp³-hybridized carbons (Fsp3) is 0.462. The van der Waals surface area contributed by atoms with Crippen molar-refractivity contribution in [2.24, 2.45) is 0 Å². The molecule has 1 amide bonds.